The topological polar surface area (TPSA) is 71.1 Å². The third-order valence-corrected chi connectivity index (χ3v) is 1.54. The molecule has 0 saturated heterocycles. The van der Waals surface area contributed by atoms with Gasteiger partial charge in [0.05, 0.1) is 6.61 Å². The van der Waals surface area contributed by atoms with E-state index in [9.17, 15) is 9.59 Å². The second-order valence-electron chi connectivity index (χ2n) is 2.97. The minimum atomic E-state index is -0.585. The van der Waals surface area contributed by atoms with Crippen molar-refractivity contribution in [1.82, 2.24) is 0 Å². The molecular formula is C10H18O6. The molecule has 0 unspecified atom stereocenters. The van der Waals surface area contributed by atoms with Crippen molar-refractivity contribution in [2.75, 3.05) is 26.9 Å². The third kappa shape index (κ3) is 8.19. The molecule has 0 aromatic heterocycles. The zero-order chi connectivity index (χ0) is 12.4. The van der Waals surface area contributed by atoms with Gasteiger partial charge in [-0.3, -0.25) is 4.79 Å². The van der Waals surface area contributed by atoms with Crippen LogP contribution in [0.4, 0.5) is 0 Å². The molecule has 6 nitrogen and oxygen atoms in total. The van der Waals surface area contributed by atoms with Crippen LogP contribution < -0.4 is 0 Å². The van der Waals surface area contributed by atoms with E-state index in [4.69, 9.17) is 14.2 Å². The summed E-state index contributed by atoms with van der Waals surface area (Å²) in [6, 6.07) is 0. The number of rotatable bonds is 8. The molecule has 0 aliphatic rings. The lowest BCUT2D eigenvalue weighted by atomic mass is 10.5. The van der Waals surface area contributed by atoms with Crippen molar-refractivity contribution in [3.63, 3.8) is 0 Å². The number of carbonyl (C=O) groups is 2. The molecule has 6 heteroatoms. The molecule has 1 atom stereocenters. The molecule has 0 aromatic carbocycles. The molecule has 0 N–H and O–H groups in total. The smallest absolute Gasteiger partial charge is 0.332 e. The lowest BCUT2D eigenvalue weighted by molar-refractivity contribution is -0.181. The molecule has 0 fully saturated rings. The average Bonchev–Trinajstić information content (AvgIpc) is 2.22. The van der Waals surface area contributed by atoms with Gasteiger partial charge in [0, 0.05) is 20.5 Å². The minimum absolute atomic E-state index is 0.0822. The lowest BCUT2D eigenvalue weighted by Crippen LogP contribution is -2.22. The van der Waals surface area contributed by atoms with Crippen LogP contribution in [0.3, 0.4) is 0 Å². The van der Waals surface area contributed by atoms with E-state index in [-0.39, 0.29) is 19.8 Å². The van der Waals surface area contributed by atoms with Gasteiger partial charge < -0.3 is 18.9 Å². The fourth-order valence-corrected chi connectivity index (χ4v) is 0.915. The first kappa shape index (κ1) is 14.9. The number of esters is 2. The molecule has 16 heavy (non-hydrogen) atoms. The van der Waals surface area contributed by atoms with Gasteiger partial charge >= 0.3 is 11.9 Å². The molecule has 0 bridgehead atoms. The van der Waals surface area contributed by atoms with Crippen molar-refractivity contribution in [3.8, 4) is 0 Å². The van der Waals surface area contributed by atoms with Crippen molar-refractivity contribution in [2.45, 2.75) is 26.6 Å². The molecule has 0 rings (SSSR count). The van der Waals surface area contributed by atoms with E-state index >= 15 is 0 Å². The normalized spacial score (nSPS) is 11.9. The summed E-state index contributed by atoms with van der Waals surface area (Å²) in [6.45, 7) is 3.34. The summed E-state index contributed by atoms with van der Waals surface area (Å²) in [6.07, 6.45) is -0.0374. The largest absolute Gasteiger partial charge is 0.462 e. The van der Waals surface area contributed by atoms with Crippen LogP contribution in [0.5, 0.6) is 0 Å². The van der Waals surface area contributed by atoms with E-state index in [0.717, 1.165) is 0 Å². The van der Waals surface area contributed by atoms with Crippen molar-refractivity contribution in [3.05, 3.63) is 0 Å². The highest BCUT2D eigenvalue weighted by molar-refractivity contribution is 5.70. The Labute approximate surface area is 94.8 Å². The summed E-state index contributed by atoms with van der Waals surface area (Å²) in [4.78, 5) is 21.5. The SMILES string of the molecule is CC[C@@H](OCCOC(=O)COC)OC(C)=O. The Morgan fingerprint density at radius 3 is 2.44 bits per heavy atom. The summed E-state index contributed by atoms with van der Waals surface area (Å²) in [7, 11) is 1.41. The molecule has 0 radical (unpaired) electrons. The van der Waals surface area contributed by atoms with Crippen LogP contribution in [-0.4, -0.2) is 45.2 Å². The Kier molecular flexibility index (Phi) is 8.46. The summed E-state index contributed by atoms with van der Waals surface area (Å²) in [5.74, 6) is -0.852. The Balaban J connectivity index is 3.55. The molecule has 0 heterocycles. The van der Waals surface area contributed by atoms with Crippen molar-refractivity contribution in [2.24, 2.45) is 0 Å². The number of ether oxygens (including phenoxy) is 4. The van der Waals surface area contributed by atoms with Gasteiger partial charge in [0.25, 0.3) is 0 Å². The summed E-state index contributed by atoms with van der Waals surface area (Å²) in [5, 5.41) is 0. The van der Waals surface area contributed by atoms with E-state index in [1.54, 1.807) is 0 Å². The van der Waals surface area contributed by atoms with Gasteiger partial charge in [0.2, 0.25) is 6.29 Å². The first-order valence-corrected chi connectivity index (χ1v) is 5.03. The van der Waals surface area contributed by atoms with Gasteiger partial charge in [0.1, 0.15) is 13.2 Å². The number of hydrogen-bond donors (Lipinski definition) is 0. The number of hydrogen-bond acceptors (Lipinski definition) is 6. The maximum Gasteiger partial charge on any atom is 0.332 e. The van der Waals surface area contributed by atoms with Gasteiger partial charge in [-0.15, -0.1) is 0 Å². The first-order valence-electron chi connectivity index (χ1n) is 5.03. The maximum absolute atomic E-state index is 10.8. The van der Waals surface area contributed by atoms with E-state index < -0.39 is 18.2 Å². The van der Waals surface area contributed by atoms with E-state index in [1.165, 1.54) is 14.0 Å². The highest BCUT2D eigenvalue weighted by Crippen LogP contribution is 2.00. The fourth-order valence-electron chi connectivity index (χ4n) is 0.915. The summed E-state index contributed by atoms with van der Waals surface area (Å²) >= 11 is 0. The molecule has 0 amide bonds. The second kappa shape index (κ2) is 9.11. The summed E-state index contributed by atoms with van der Waals surface area (Å²) in [5.41, 5.74) is 0. The predicted molar refractivity (Wildman–Crippen MR) is 54.6 cm³/mol. The second-order valence-corrected chi connectivity index (χ2v) is 2.97. The molecular weight excluding hydrogens is 216 g/mol. The maximum atomic E-state index is 10.8. The highest BCUT2D eigenvalue weighted by atomic mass is 16.7. The number of methoxy groups -OCH3 is 1. The van der Waals surface area contributed by atoms with Gasteiger partial charge in [0.15, 0.2) is 0 Å². The Morgan fingerprint density at radius 1 is 1.25 bits per heavy atom. The first-order chi connectivity index (χ1) is 7.60. The van der Waals surface area contributed by atoms with Crippen LogP contribution in [0, 0.1) is 0 Å². The average molecular weight is 234 g/mol. The Bertz CT molecular complexity index is 215. The molecule has 0 aliphatic carbocycles. The van der Waals surface area contributed by atoms with Crippen LogP contribution in [0.2, 0.25) is 0 Å². The van der Waals surface area contributed by atoms with Crippen molar-refractivity contribution >= 4 is 11.9 Å². The van der Waals surface area contributed by atoms with Gasteiger partial charge in [-0.25, -0.2) is 4.79 Å². The summed E-state index contributed by atoms with van der Waals surface area (Å²) < 4.78 is 19.3. The van der Waals surface area contributed by atoms with Gasteiger partial charge in [-0.05, 0) is 0 Å². The van der Waals surface area contributed by atoms with Gasteiger partial charge in [-0.2, -0.15) is 0 Å². The number of carbonyl (C=O) groups excluding carboxylic acids is 2. The van der Waals surface area contributed by atoms with E-state index in [2.05, 4.69) is 4.74 Å². The van der Waals surface area contributed by atoms with E-state index in [1.807, 2.05) is 6.92 Å². The predicted octanol–water partition coefficient (Wildman–Crippen LogP) is 0.492. The fraction of sp³-hybridized carbons (Fsp3) is 0.800. The monoisotopic (exact) mass is 234 g/mol. The van der Waals surface area contributed by atoms with Crippen LogP contribution in [0.15, 0.2) is 0 Å². The van der Waals surface area contributed by atoms with E-state index in [0.29, 0.717) is 6.42 Å². The molecule has 0 aromatic rings. The zero-order valence-electron chi connectivity index (χ0n) is 9.86. The Hall–Kier alpha value is -1.14. The van der Waals surface area contributed by atoms with Gasteiger partial charge in [-0.1, -0.05) is 6.92 Å². The molecule has 0 spiro atoms. The third-order valence-electron chi connectivity index (χ3n) is 1.54. The van der Waals surface area contributed by atoms with Crippen LogP contribution in [-0.2, 0) is 28.5 Å². The Morgan fingerprint density at radius 2 is 1.94 bits per heavy atom. The minimum Gasteiger partial charge on any atom is -0.462 e. The van der Waals surface area contributed by atoms with Crippen LogP contribution in [0.25, 0.3) is 0 Å². The highest BCUT2D eigenvalue weighted by Gasteiger charge is 2.09. The van der Waals surface area contributed by atoms with Crippen LogP contribution >= 0.6 is 0 Å². The van der Waals surface area contributed by atoms with Crippen LogP contribution in [0.1, 0.15) is 20.3 Å². The molecule has 0 saturated carbocycles. The van der Waals surface area contributed by atoms with Crippen molar-refractivity contribution < 1.29 is 28.5 Å². The molecule has 94 valence electrons. The lowest BCUT2D eigenvalue weighted by Gasteiger charge is -2.15. The molecule has 0 aliphatic heterocycles. The zero-order valence-corrected chi connectivity index (χ0v) is 9.86. The standard InChI is InChI=1S/C10H18O6/c1-4-10(16-8(2)11)15-6-5-14-9(12)7-13-3/h10H,4-7H2,1-3H3/t10-/m0/s1. The van der Waals surface area contributed by atoms with Crippen molar-refractivity contribution in [1.29, 1.82) is 0 Å². The quantitative estimate of drug-likeness (QED) is 0.346.